The van der Waals surface area contributed by atoms with Gasteiger partial charge in [0.05, 0.1) is 42.5 Å². The van der Waals surface area contributed by atoms with Crippen molar-refractivity contribution in [3.8, 4) is 17.2 Å². The molecular formula is C30H27FN2O4. The lowest BCUT2D eigenvalue weighted by molar-refractivity contribution is -0.132. The Morgan fingerprint density at radius 1 is 1.05 bits per heavy atom. The first-order valence-corrected chi connectivity index (χ1v) is 12.6. The van der Waals surface area contributed by atoms with Crippen LogP contribution in [0.4, 0.5) is 9.18 Å². The fourth-order valence-corrected chi connectivity index (χ4v) is 6.35. The highest BCUT2D eigenvalue weighted by molar-refractivity contribution is 5.79. The first-order valence-electron chi connectivity index (χ1n) is 12.6. The predicted molar refractivity (Wildman–Crippen MR) is 134 cm³/mol. The molecule has 2 bridgehead atoms. The molecule has 3 aliphatic rings. The number of fused-ring (bicyclic) bond motifs is 5. The summed E-state index contributed by atoms with van der Waals surface area (Å²) in [6, 6.07) is 21.8. The van der Waals surface area contributed by atoms with E-state index < -0.39 is 17.5 Å². The van der Waals surface area contributed by atoms with Gasteiger partial charge >= 0.3 is 6.09 Å². The topological polar surface area (TPSA) is 82.8 Å². The van der Waals surface area contributed by atoms with Gasteiger partial charge in [0.1, 0.15) is 12.4 Å². The number of ether oxygens (including phenoxy) is 2. The van der Waals surface area contributed by atoms with Gasteiger partial charge in [-0.05, 0) is 52.8 Å². The second-order valence-corrected chi connectivity index (χ2v) is 10.3. The molecule has 0 aromatic heterocycles. The standard InChI is InChI=1S/C30H27FN2O4/c31-21-10-9-19(20(11-21)15-32)12-30(35)13-22-16-36-17-23(14-30)33(22)29(34)37-18-28-26-7-3-1-5-24(26)25-6-2-4-8-27(25)28/h1-11,22-23,28,35H,12-14,16-18H2. The summed E-state index contributed by atoms with van der Waals surface area (Å²) in [4.78, 5) is 15.1. The van der Waals surface area contributed by atoms with E-state index in [1.807, 2.05) is 30.3 Å². The number of amides is 1. The molecule has 37 heavy (non-hydrogen) atoms. The van der Waals surface area contributed by atoms with Crippen LogP contribution < -0.4 is 0 Å². The summed E-state index contributed by atoms with van der Waals surface area (Å²) >= 11 is 0. The molecule has 1 amide bonds. The van der Waals surface area contributed by atoms with Crippen LogP contribution in [0, 0.1) is 17.1 Å². The highest BCUT2D eigenvalue weighted by Crippen LogP contribution is 2.45. The normalized spacial score (nSPS) is 24.2. The number of hydrogen-bond donors (Lipinski definition) is 1. The molecule has 2 saturated heterocycles. The maximum absolute atomic E-state index is 13.6. The molecule has 0 spiro atoms. The van der Waals surface area contributed by atoms with E-state index in [4.69, 9.17) is 9.47 Å². The summed E-state index contributed by atoms with van der Waals surface area (Å²) in [6.07, 6.45) is 0.384. The zero-order valence-electron chi connectivity index (χ0n) is 20.3. The molecule has 1 N–H and O–H groups in total. The summed E-state index contributed by atoms with van der Waals surface area (Å²) < 4.78 is 25.2. The van der Waals surface area contributed by atoms with E-state index in [9.17, 15) is 19.6 Å². The molecule has 0 saturated carbocycles. The third-order valence-electron chi connectivity index (χ3n) is 7.90. The van der Waals surface area contributed by atoms with Gasteiger partial charge in [-0.3, -0.25) is 4.90 Å². The van der Waals surface area contributed by atoms with Gasteiger partial charge in [-0.1, -0.05) is 54.6 Å². The molecule has 6 nitrogen and oxygen atoms in total. The van der Waals surface area contributed by atoms with Crippen molar-refractivity contribution in [2.24, 2.45) is 0 Å². The van der Waals surface area contributed by atoms with Crippen LogP contribution in [-0.2, 0) is 15.9 Å². The Labute approximate surface area is 214 Å². The molecule has 7 heteroatoms. The molecule has 3 aromatic carbocycles. The molecule has 188 valence electrons. The van der Waals surface area contributed by atoms with Crippen molar-refractivity contribution < 1.29 is 23.8 Å². The monoisotopic (exact) mass is 498 g/mol. The number of carbonyl (C=O) groups is 1. The minimum atomic E-state index is -1.14. The molecule has 0 radical (unpaired) electrons. The van der Waals surface area contributed by atoms with Crippen LogP contribution in [0.2, 0.25) is 0 Å². The number of halogens is 1. The lowest BCUT2D eigenvalue weighted by atomic mass is 9.77. The number of benzene rings is 3. The van der Waals surface area contributed by atoms with Gasteiger partial charge in [0.15, 0.2) is 0 Å². The first kappa shape index (κ1) is 23.7. The molecule has 1 aliphatic carbocycles. The van der Waals surface area contributed by atoms with Crippen LogP contribution >= 0.6 is 0 Å². The van der Waals surface area contributed by atoms with E-state index in [-0.39, 0.29) is 49.4 Å². The smallest absolute Gasteiger partial charge is 0.410 e. The number of carbonyl (C=O) groups excluding carboxylic acids is 1. The summed E-state index contributed by atoms with van der Waals surface area (Å²) in [5.74, 6) is -0.514. The summed E-state index contributed by atoms with van der Waals surface area (Å²) in [5.41, 5.74) is 4.33. The lowest BCUT2D eigenvalue weighted by Gasteiger charge is -2.51. The minimum Gasteiger partial charge on any atom is -0.448 e. The lowest BCUT2D eigenvalue weighted by Crippen LogP contribution is -2.64. The van der Waals surface area contributed by atoms with E-state index in [1.165, 1.54) is 23.3 Å². The van der Waals surface area contributed by atoms with Gasteiger partial charge in [0, 0.05) is 12.3 Å². The van der Waals surface area contributed by atoms with Crippen LogP contribution in [0.15, 0.2) is 66.7 Å². The van der Waals surface area contributed by atoms with E-state index in [0.29, 0.717) is 18.8 Å². The van der Waals surface area contributed by atoms with Crippen LogP contribution in [0.1, 0.15) is 41.0 Å². The molecule has 6 rings (SSSR count). The SMILES string of the molecule is N#Cc1cc(F)ccc1CC1(O)CC2COCC(C1)N2C(=O)OCC1c2ccccc2-c2ccccc21. The van der Waals surface area contributed by atoms with Gasteiger partial charge in [-0.15, -0.1) is 0 Å². The first-order chi connectivity index (χ1) is 18.0. The second-order valence-electron chi connectivity index (χ2n) is 10.3. The quantitative estimate of drug-likeness (QED) is 0.560. The van der Waals surface area contributed by atoms with Crippen molar-refractivity contribution in [1.29, 1.82) is 5.26 Å². The Morgan fingerprint density at radius 3 is 2.30 bits per heavy atom. The molecule has 2 fully saturated rings. The van der Waals surface area contributed by atoms with Gasteiger partial charge in [0.25, 0.3) is 0 Å². The Kier molecular flexibility index (Phi) is 5.94. The summed E-state index contributed by atoms with van der Waals surface area (Å²) in [5, 5.41) is 20.9. The Morgan fingerprint density at radius 2 is 1.68 bits per heavy atom. The van der Waals surface area contributed by atoms with Crippen LogP contribution in [0.3, 0.4) is 0 Å². The second kappa shape index (κ2) is 9.29. The van der Waals surface area contributed by atoms with Crippen LogP contribution in [-0.4, -0.2) is 53.6 Å². The number of hydrogen-bond acceptors (Lipinski definition) is 5. The molecular weight excluding hydrogens is 471 g/mol. The molecule has 2 heterocycles. The summed E-state index contributed by atoms with van der Waals surface area (Å²) in [7, 11) is 0. The van der Waals surface area contributed by atoms with E-state index in [2.05, 4.69) is 24.3 Å². The third-order valence-corrected chi connectivity index (χ3v) is 7.90. The zero-order valence-corrected chi connectivity index (χ0v) is 20.3. The van der Waals surface area contributed by atoms with Crippen molar-refractivity contribution in [1.82, 2.24) is 4.90 Å². The van der Waals surface area contributed by atoms with Crippen LogP contribution in [0.25, 0.3) is 11.1 Å². The van der Waals surface area contributed by atoms with Crippen molar-refractivity contribution in [3.63, 3.8) is 0 Å². The van der Waals surface area contributed by atoms with Crippen molar-refractivity contribution in [2.45, 2.75) is 42.9 Å². The Hall–Kier alpha value is -3.73. The Bertz CT molecular complexity index is 1340. The van der Waals surface area contributed by atoms with Crippen molar-refractivity contribution in [2.75, 3.05) is 19.8 Å². The summed E-state index contributed by atoms with van der Waals surface area (Å²) in [6.45, 7) is 0.837. The number of nitrogens with zero attached hydrogens (tertiary/aromatic N) is 2. The number of rotatable bonds is 4. The van der Waals surface area contributed by atoms with Crippen LogP contribution in [0.5, 0.6) is 0 Å². The maximum Gasteiger partial charge on any atom is 0.410 e. The highest BCUT2D eigenvalue weighted by Gasteiger charge is 2.49. The van der Waals surface area contributed by atoms with Crippen molar-refractivity contribution in [3.05, 3.63) is 94.8 Å². The number of piperidine rings is 1. The molecule has 2 atom stereocenters. The fraction of sp³-hybridized carbons (Fsp3) is 0.333. The average Bonchev–Trinajstić information content (AvgIpc) is 3.21. The largest absolute Gasteiger partial charge is 0.448 e. The average molecular weight is 499 g/mol. The number of aliphatic hydroxyl groups is 1. The van der Waals surface area contributed by atoms with Gasteiger partial charge in [-0.2, -0.15) is 5.26 Å². The maximum atomic E-state index is 13.6. The Balaban J connectivity index is 1.18. The molecule has 2 unspecified atom stereocenters. The van der Waals surface area contributed by atoms with Gasteiger partial charge in [-0.25, -0.2) is 9.18 Å². The highest BCUT2D eigenvalue weighted by atomic mass is 19.1. The third kappa shape index (κ3) is 4.26. The van der Waals surface area contributed by atoms with Gasteiger partial charge in [0.2, 0.25) is 0 Å². The van der Waals surface area contributed by atoms with E-state index >= 15 is 0 Å². The molecule has 3 aromatic rings. The zero-order chi connectivity index (χ0) is 25.6. The minimum absolute atomic E-state index is 0.0305. The van der Waals surface area contributed by atoms with Gasteiger partial charge < -0.3 is 14.6 Å². The van der Waals surface area contributed by atoms with E-state index in [0.717, 1.165) is 11.1 Å². The molecule has 2 aliphatic heterocycles. The number of morpholine rings is 1. The van der Waals surface area contributed by atoms with E-state index in [1.54, 1.807) is 11.0 Å². The fourth-order valence-electron chi connectivity index (χ4n) is 6.35. The van der Waals surface area contributed by atoms with Crippen molar-refractivity contribution >= 4 is 6.09 Å². The number of nitriles is 1. The predicted octanol–water partition coefficient (Wildman–Crippen LogP) is 4.78.